The number of hydrogen-bond acceptors (Lipinski definition) is 5. The lowest BCUT2D eigenvalue weighted by Gasteiger charge is -2.56. The lowest BCUT2D eigenvalue weighted by atomic mass is 9.48. The van der Waals surface area contributed by atoms with Crippen molar-refractivity contribution in [3.63, 3.8) is 0 Å². The van der Waals surface area contributed by atoms with Gasteiger partial charge in [-0.05, 0) is 61.2 Å². The van der Waals surface area contributed by atoms with Crippen LogP contribution in [0.15, 0.2) is 11.6 Å². The number of carbonyl (C=O) groups is 3. The molecule has 1 N–H and O–H groups in total. The average molecular weight is 403 g/mol. The Bertz CT molecular complexity index is 784. The third kappa shape index (κ3) is 2.79. The lowest BCUT2D eigenvalue weighted by molar-refractivity contribution is -0.167. The van der Waals surface area contributed by atoms with Crippen molar-refractivity contribution in [3.8, 4) is 0 Å². The van der Waals surface area contributed by atoms with Gasteiger partial charge in [0.25, 0.3) is 0 Å². The van der Waals surface area contributed by atoms with Gasteiger partial charge in [-0.2, -0.15) is 0 Å². The third-order valence-electron chi connectivity index (χ3n) is 9.26. The van der Waals surface area contributed by atoms with Gasteiger partial charge in [0.15, 0.2) is 6.61 Å². The van der Waals surface area contributed by atoms with Gasteiger partial charge in [0.1, 0.15) is 11.4 Å². The fourth-order valence-corrected chi connectivity index (χ4v) is 7.53. The highest BCUT2D eigenvalue weighted by molar-refractivity contribution is 5.91. The van der Waals surface area contributed by atoms with Crippen LogP contribution in [0.1, 0.15) is 72.6 Å². The number of ether oxygens (including phenoxy) is 1. The molecule has 0 aromatic heterocycles. The van der Waals surface area contributed by atoms with Crippen molar-refractivity contribution in [3.05, 3.63) is 11.6 Å². The van der Waals surface area contributed by atoms with Crippen LogP contribution in [0.25, 0.3) is 0 Å². The van der Waals surface area contributed by atoms with Gasteiger partial charge in [0, 0.05) is 25.2 Å². The summed E-state index contributed by atoms with van der Waals surface area (Å²) in [6.45, 7) is 7.27. The van der Waals surface area contributed by atoms with E-state index in [9.17, 15) is 19.5 Å². The van der Waals surface area contributed by atoms with Crippen molar-refractivity contribution in [1.29, 1.82) is 0 Å². The highest BCUT2D eigenvalue weighted by Gasteiger charge is 2.67. The Balaban J connectivity index is 1.67. The Hall–Kier alpha value is -1.49. The summed E-state index contributed by atoms with van der Waals surface area (Å²) in [6, 6.07) is 0. The zero-order chi connectivity index (χ0) is 21.2. The molecule has 0 radical (unpaired) electrons. The van der Waals surface area contributed by atoms with Crippen LogP contribution in [0.4, 0.5) is 0 Å². The predicted molar refractivity (Wildman–Crippen MR) is 108 cm³/mol. The Morgan fingerprint density at radius 3 is 2.69 bits per heavy atom. The fraction of sp³-hybridized carbons (Fsp3) is 0.792. The molecule has 0 aromatic rings. The SMILES string of the molecule is CC(=O)OCC(=O)[C@@]1(O)C(C)C[C@H]2[C@@H]3CCC4CC(=O)CC[C@]4(C)C3=CC[C@@]21C. The number of fused-ring (bicyclic) bond motifs is 5. The number of carbonyl (C=O) groups excluding carboxylic acids is 3. The van der Waals surface area contributed by atoms with Gasteiger partial charge in [-0.1, -0.05) is 32.4 Å². The maximum Gasteiger partial charge on any atom is 0.303 e. The first-order valence-corrected chi connectivity index (χ1v) is 11.2. The molecule has 0 saturated heterocycles. The Kier molecular flexibility index (Phi) is 4.84. The zero-order valence-electron chi connectivity index (χ0n) is 18.1. The molecule has 0 amide bonds. The van der Waals surface area contributed by atoms with Crippen molar-refractivity contribution in [2.45, 2.75) is 78.2 Å². The summed E-state index contributed by atoms with van der Waals surface area (Å²) < 4.78 is 4.96. The predicted octanol–water partition coefficient (Wildman–Crippen LogP) is 3.63. The summed E-state index contributed by atoms with van der Waals surface area (Å²) in [7, 11) is 0. The minimum Gasteiger partial charge on any atom is -0.458 e. The summed E-state index contributed by atoms with van der Waals surface area (Å²) in [5.74, 6) is 0.376. The molecule has 0 bridgehead atoms. The maximum atomic E-state index is 13.0. The van der Waals surface area contributed by atoms with Crippen molar-refractivity contribution in [1.82, 2.24) is 0 Å². The van der Waals surface area contributed by atoms with E-state index in [2.05, 4.69) is 19.9 Å². The molecule has 5 heteroatoms. The second kappa shape index (κ2) is 6.76. The fourth-order valence-electron chi connectivity index (χ4n) is 7.53. The van der Waals surface area contributed by atoms with E-state index in [0.717, 1.165) is 25.7 Å². The summed E-state index contributed by atoms with van der Waals surface area (Å²) in [6.07, 6.45) is 8.13. The van der Waals surface area contributed by atoms with Crippen LogP contribution >= 0.6 is 0 Å². The molecule has 3 saturated carbocycles. The molecule has 160 valence electrons. The zero-order valence-corrected chi connectivity index (χ0v) is 18.1. The van der Waals surface area contributed by atoms with Crippen molar-refractivity contribution >= 4 is 17.5 Å². The summed E-state index contributed by atoms with van der Waals surface area (Å²) in [4.78, 5) is 36.3. The molecule has 4 aliphatic carbocycles. The first-order chi connectivity index (χ1) is 13.5. The Labute approximate surface area is 173 Å². The molecule has 5 nitrogen and oxygen atoms in total. The smallest absolute Gasteiger partial charge is 0.303 e. The Morgan fingerprint density at radius 2 is 2.00 bits per heavy atom. The van der Waals surface area contributed by atoms with Crippen LogP contribution < -0.4 is 0 Å². The first-order valence-electron chi connectivity index (χ1n) is 11.2. The molecule has 3 fully saturated rings. The van der Waals surface area contributed by atoms with E-state index in [1.165, 1.54) is 12.5 Å². The summed E-state index contributed by atoms with van der Waals surface area (Å²) >= 11 is 0. The van der Waals surface area contributed by atoms with E-state index >= 15 is 0 Å². The minimum atomic E-state index is -1.48. The van der Waals surface area contributed by atoms with Crippen molar-refractivity contribution in [2.24, 2.45) is 34.5 Å². The van der Waals surface area contributed by atoms with E-state index in [4.69, 9.17) is 4.74 Å². The first kappa shape index (κ1) is 20.8. The van der Waals surface area contributed by atoms with Crippen molar-refractivity contribution in [2.75, 3.05) is 6.61 Å². The second-order valence-electron chi connectivity index (χ2n) is 10.5. The molecular weight excluding hydrogens is 368 g/mol. The summed E-state index contributed by atoms with van der Waals surface area (Å²) in [5, 5.41) is 11.7. The standard InChI is InChI=1S/C24H34O5/c1-14-11-20-18-6-5-16-12-17(26)7-9-22(16,3)19(18)8-10-23(20,4)24(14,28)21(27)13-29-15(2)25/h8,14,16,18,20,28H,5-7,9-13H2,1-4H3/t14?,16?,18-,20+,22+,23+,24+/m1/s1. The van der Waals surface area contributed by atoms with Gasteiger partial charge in [-0.3, -0.25) is 14.4 Å². The molecule has 0 spiro atoms. The van der Waals surface area contributed by atoms with Crippen LogP contribution in [0.5, 0.6) is 0 Å². The van der Waals surface area contributed by atoms with Gasteiger partial charge in [-0.15, -0.1) is 0 Å². The number of ketones is 2. The number of aliphatic hydroxyl groups is 1. The molecule has 4 rings (SSSR count). The van der Waals surface area contributed by atoms with Crippen LogP contribution in [0.3, 0.4) is 0 Å². The molecular formula is C24H34O5. The normalized spacial score (nSPS) is 46.2. The lowest BCUT2D eigenvalue weighted by Crippen LogP contribution is -2.58. The van der Waals surface area contributed by atoms with E-state index in [1.54, 1.807) is 0 Å². The van der Waals surface area contributed by atoms with Gasteiger partial charge in [0.2, 0.25) is 5.78 Å². The molecule has 4 aliphatic rings. The molecule has 0 aromatic carbocycles. The molecule has 2 unspecified atom stereocenters. The molecule has 0 heterocycles. The number of esters is 1. The van der Waals surface area contributed by atoms with Gasteiger partial charge < -0.3 is 9.84 Å². The number of hydrogen-bond donors (Lipinski definition) is 1. The highest BCUT2D eigenvalue weighted by atomic mass is 16.5. The average Bonchev–Trinajstić information content (AvgIpc) is 2.88. The van der Waals surface area contributed by atoms with Crippen LogP contribution in [-0.4, -0.2) is 34.9 Å². The van der Waals surface area contributed by atoms with Gasteiger partial charge in [0.05, 0.1) is 0 Å². The maximum absolute atomic E-state index is 13.0. The van der Waals surface area contributed by atoms with Crippen LogP contribution in [0, 0.1) is 34.5 Å². The van der Waals surface area contributed by atoms with E-state index in [0.29, 0.717) is 36.9 Å². The number of allylic oxidation sites excluding steroid dienone is 2. The number of rotatable bonds is 3. The molecule has 29 heavy (non-hydrogen) atoms. The minimum absolute atomic E-state index is 0.0733. The van der Waals surface area contributed by atoms with Gasteiger partial charge in [-0.25, -0.2) is 0 Å². The van der Waals surface area contributed by atoms with E-state index in [1.807, 2.05) is 6.92 Å². The molecule has 0 aliphatic heterocycles. The van der Waals surface area contributed by atoms with Gasteiger partial charge >= 0.3 is 5.97 Å². The number of Topliss-reactive ketones (excluding diaryl/α,β-unsaturated/α-hetero) is 2. The van der Waals surface area contributed by atoms with Crippen LogP contribution in [-0.2, 0) is 19.1 Å². The van der Waals surface area contributed by atoms with E-state index in [-0.39, 0.29) is 29.6 Å². The third-order valence-corrected chi connectivity index (χ3v) is 9.26. The highest BCUT2D eigenvalue weighted by Crippen LogP contribution is 2.67. The second-order valence-corrected chi connectivity index (χ2v) is 10.5. The topological polar surface area (TPSA) is 80.7 Å². The monoisotopic (exact) mass is 402 g/mol. The largest absolute Gasteiger partial charge is 0.458 e. The van der Waals surface area contributed by atoms with Crippen molar-refractivity contribution < 1.29 is 24.2 Å². The van der Waals surface area contributed by atoms with Crippen LogP contribution in [0.2, 0.25) is 0 Å². The Morgan fingerprint density at radius 1 is 1.28 bits per heavy atom. The summed E-state index contributed by atoms with van der Waals surface area (Å²) in [5.41, 5.74) is -0.474. The van der Waals surface area contributed by atoms with E-state index < -0.39 is 17.0 Å². The molecule has 7 atom stereocenters. The quantitative estimate of drug-likeness (QED) is 0.576.